The first kappa shape index (κ1) is 22.9. The van der Waals surface area contributed by atoms with E-state index < -0.39 is 0 Å². The predicted molar refractivity (Wildman–Crippen MR) is 127 cm³/mol. The van der Waals surface area contributed by atoms with E-state index in [0.29, 0.717) is 19.6 Å². The van der Waals surface area contributed by atoms with Gasteiger partial charge in [-0.15, -0.1) is 23.5 Å². The van der Waals surface area contributed by atoms with Crippen LogP contribution in [0.2, 0.25) is 0 Å². The zero-order chi connectivity index (χ0) is 21.3. The van der Waals surface area contributed by atoms with Crippen LogP contribution in [-0.4, -0.2) is 43.3 Å². The highest BCUT2D eigenvalue weighted by Crippen LogP contribution is 2.24. The van der Waals surface area contributed by atoms with E-state index in [0.717, 1.165) is 32.9 Å². The average Bonchev–Trinajstić information content (AvgIpc) is 3.11. The summed E-state index contributed by atoms with van der Waals surface area (Å²) in [5, 5.41) is 0. The van der Waals surface area contributed by atoms with E-state index in [1.54, 1.807) is 49.1 Å². The molecule has 0 aliphatic carbocycles. The maximum Gasteiger partial charge on any atom is 0.248 e. The molecule has 8 heteroatoms. The van der Waals surface area contributed by atoms with Gasteiger partial charge in [-0.1, -0.05) is 11.3 Å². The number of rotatable bonds is 10. The van der Waals surface area contributed by atoms with Crippen LogP contribution in [0.15, 0.2) is 57.2 Å². The van der Waals surface area contributed by atoms with Crippen LogP contribution in [0.1, 0.15) is 12.8 Å². The van der Waals surface area contributed by atoms with Gasteiger partial charge in [-0.25, -0.2) is 0 Å². The predicted octanol–water partition coefficient (Wildman–Crippen LogP) is 5.08. The molecule has 0 saturated heterocycles. The van der Waals surface area contributed by atoms with Gasteiger partial charge in [0.05, 0.1) is 23.9 Å². The summed E-state index contributed by atoms with van der Waals surface area (Å²) in [7, 11) is 3.35. The molecule has 0 spiro atoms. The fourth-order valence-electron chi connectivity index (χ4n) is 2.91. The highest BCUT2D eigenvalue weighted by atomic mass is 32.2. The van der Waals surface area contributed by atoms with Gasteiger partial charge in [0.1, 0.15) is 5.75 Å². The summed E-state index contributed by atoms with van der Waals surface area (Å²) in [4.78, 5) is 20.0. The molecule has 1 heterocycles. The molecule has 0 radical (unpaired) electrons. The van der Waals surface area contributed by atoms with Crippen molar-refractivity contribution in [2.24, 2.45) is 4.99 Å². The van der Waals surface area contributed by atoms with Crippen molar-refractivity contribution in [2.45, 2.75) is 29.2 Å². The fraction of sp³-hybridized carbons (Fsp3) is 0.364. The minimum absolute atomic E-state index is 0.0758. The van der Waals surface area contributed by atoms with Crippen LogP contribution in [0.25, 0.3) is 10.2 Å². The maximum atomic E-state index is 12.5. The number of benzene rings is 2. The molecule has 5 nitrogen and oxygen atoms in total. The third-order valence-electron chi connectivity index (χ3n) is 4.49. The molecule has 0 saturated carbocycles. The van der Waals surface area contributed by atoms with Gasteiger partial charge in [0, 0.05) is 29.9 Å². The number of amides is 1. The first-order chi connectivity index (χ1) is 14.6. The van der Waals surface area contributed by atoms with E-state index in [4.69, 9.17) is 9.47 Å². The van der Waals surface area contributed by atoms with E-state index in [9.17, 15) is 4.79 Å². The SMILES string of the molecule is COCCn1c(=NC(=O)CCCSc2ccc(OC)cc2)sc2cc(SC)ccc21. The number of hydrogen-bond acceptors (Lipinski definition) is 6. The van der Waals surface area contributed by atoms with E-state index >= 15 is 0 Å². The van der Waals surface area contributed by atoms with Gasteiger partial charge in [0.2, 0.25) is 5.91 Å². The quantitative estimate of drug-likeness (QED) is 0.311. The molecule has 0 fully saturated rings. The molecule has 3 aromatic rings. The number of fused-ring (bicyclic) bond motifs is 1. The third kappa shape index (κ3) is 6.14. The van der Waals surface area contributed by atoms with Gasteiger partial charge in [-0.2, -0.15) is 4.99 Å². The molecule has 1 aromatic heterocycles. The number of hydrogen-bond donors (Lipinski definition) is 0. The molecule has 0 N–H and O–H groups in total. The van der Waals surface area contributed by atoms with Gasteiger partial charge in [0.25, 0.3) is 0 Å². The molecule has 0 aliphatic heterocycles. The molecule has 2 aromatic carbocycles. The molecule has 0 aliphatic rings. The van der Waals surface area contributed by atoms with E-state index in [1.165, 1.54) is 9.79 Å². The topological polar surface area (TPSA) is 52.8 Å². The summed E-state index contributed by atoms with van der Waals surface area (Å²) in [6, 6.07) is 14.3. The Hall–Kier alpha value is -1.74. The summed E-state index contributed by atoms with van der Waals surface area (Å²) < 4.78 is 13.6. The second kappa shape index (κ2) is 11.6. The number of nitrogens with zero attached hydrogens (tertiary/aromatic N) is 2. The van der Waals surface area contributed by atoms with Crippen molar-refractivity contribution in [3.05, 3.63) is 47.3 Å². The zero-order valence-corrected chi connectivity index (χ0v) is 19.9. The Balaban J connectivity index is 1.65. The summed E-state index contributed by atoms with van der Waals surface area (Å²) in [6.07, 6.45) is 3.29. The first-order valence-corrected chi connectivity index (χ1v) is 12.7. The van der Waals surface area contributed by atoms with Crippen LogP contribution in [0.4, 0.5) is 0 Å². The molecule has 3 rings (SSSR count). The highest BCUT2D eigenvalue weighted by Gasteiger charge is 2.09. The van der Waals surface area contributed by atoms with Crippen molar-refractivity contribution in [3.8, 4) is 5.75 Å². The number of carbonyl (C=O) groups is 1. The smallest absolute Gasteiger partial charge is 0.248 e. The van der Waals surface area contributed by atoms with Gasteiger partial charge < -0.3 is 14.0 Å². The molecule has 0 bridgehead atoms. The van der Waals surface area contributed by atoms with Crippen LogP contribution < -0.4 is 9.54 Å². The largest absolute Gasteiger partial charge is 0.497 e. The van der Waals surface area contributed by atoms with Gasteiger partial charge in [0.15, 0.2) is 4.80 Å². The lowest BCUT2D eigenvalue weighted by atomic mass is 10.3. The van der Waals surface area contributed by atoms with Crippen molar-refractivity contribution in [1.29, 1.82) is 0 Å². The summed E-state index contributed by atoms with van der Waals surface area (Å²) in [5.41, 5.74) is 1.09. The van der Waals surface area contributed by atoms with E-state index in [1.807, 2.05) is 24.3 Å². The Morgan fingerprint density at radius 3 is 2.60 bits per heavy atom. The van der Waals surface area contributed by atoms with Crippen molar-refractivity contribution in [3.63, 3.8) is 0 Å². The second-order valence-electron chi connectivity index (χ2n) is 6.50. The number of thioether (sulfide) groups is 2. The van der Waals surface area contributed by atoms with E-state index in [-0.39, 0.29) is 5.91 Å². The van der Waals surface area contributed by atoms with Crippen molar-refractivity contribution in [1.82, 2.24) is 4.57 Å². The first-order valence-electron chi connectivity index (χ1n) is 9.65. The standard InChI is InChI=1S/C22H26N2O3S3/c1-26-13-12-24-19-11-10-18(28-3)15-20(19)30-22(24)23-21(25)5-4-14-29-17-8-6-16(27-2)7-9-17/h6-11,15H,4-5,12-14H2,1-3H3. The zero-order valence-electron chi connectivity index (χ0n) is 17.4. The Morgan fingerprint density at radius 2 is 1.90 bits per heavy atom. The Morgan fingerprint density at radius 1 is 1.13 bits per heavy atom. The number of aromatic nitrogens is 1. The molecular formula is C22H26N2O3S3. The minimum Gasteiger partial charge on any atom is -0.497 e. The average molecular weight is 463 g/mol. The van der Waals surface area contributed by atoms with Gasteiger partial charge >= 0.3 is 0 Å². The molecular weight excluding hydrogens is 436 g/mol. The van der Waals surface area contributed by atoms with Crippen molar-refractivity contribution in [2.75, 3.05) is 32.8 Å². The van der Waals surface area contributed by atoms with E-state index in [2.05, 4.69) is 34.0 Å². The summed E-state index contributed by atoms with van der Waals surface area (Å²) in [6.45, 7) is 1.25. The van der Waals surface area contributed by atoms with Crippen LogP contribution in [0, 0.1) is 0 Å². The van der Waals surface area contributed by atoms with Gasteiger partial charge in [-0.3, -0.25) is 4.79 Å². The van der Waals surface area contributed by atoms with Gasteiger partial charge in [-0.05, 0) is 60.9 Å². The van der Waals surface area contributed by atoms with Crippen LogP contribution in [-0.2, 0) is 16.1 Å². The highest BCUT2D eigenvalue weighted by molar-refractivity contribution is 7.99. The normalized spacial score (nSPS) is 11.9. The molecule has 160 valence electrons. The number of carbonyl (C=O) groups excluding carboxylic acids is 1. The monoisotopic (exact) mass is 462 g/mol. The number of ether oxygens (including phenoxy) is 2. The summed E-state index contributed by atoms with van der Waals surface area (Å²) >= 11 is 5.01. The number of thiazole rings is 1. The van der Waals surface area contributed by atoms with Crippen LogP contribution in [0.5, 0.6) is 5.75 Å². The van der Waals surface area contributed by atoms with Crippen LogP contribution >= 0.6 is 34.9 Å². The third-order valence-corrected chi connectivity index (χ3v) is 7.36. The van der Waals surface area contributed by atoms with Crippen molar-refractivity contribution >= 4 is 51.0 Å². The Bertz CT molecular complexity index is 1040. The Kier molecular flexibility index (Phi) is 8.87. The Labute approximate surface area is 189 Å². The molecule has 1 amide bonds. The molecule has 30 heavy (non-hydrogen) atoms. The molecule has 0 atom stereocenters. The lowest BCUT2D eigenvalue weighted by Gasteiger charge is -2.05. The summed E-state index contributed by atoms with van der Waals surface area (Å²) in [5.74, 6) is 1.65. The fourth-order valence-corrected chi connectivity index (χ4v) is 5.39. The van der Waals surface area contributed by atoms with Crippen LogP contribution in [0.3, 0.4) is 0 Å². The second-order valence-corrected chi connectivity index (χ2v) is 9.55. The van der Waals surface area contributed by atoms with Crippen molar-refractivity contribution < 1.29 is 14.3 Å². The lowest BCUT2D eigenvalue weighted by Crippen LogP contribution is -2.19. The lowest BCUT2D eigenvalue weighted by molar-refractivity contribution is -0.118. The minimum atomic E-state index is -0.0758. The molecule has 0 unspecified atom stereocenters. The maximum absolute atomic E-state index is 12.5. The number of methoxy groups -OCH3 is 2.